The van der Waals surface area contributed by atoms with Crippen LogP contribution in [0.15, 0.2) is 176 Å². The zero-order chi connectivity index (χ0) is 35.9. The van der Waals surface area contributed by atoms with Crippen LogP contribution in [0.1, 0.15) is 67.9 Å². The molecular weight excluding hydrogens is 639 g/mol. The van der Waals surface area contributed by atoms with E-state index >= 15 is 0 Å². The number of rotatable bonds is 5. The Kier molecular flexibility index (Phi) is 7.08. The Balaban J connectivity index is 1.17. The third kappa shape index (κ3) is 4.84. The summed E-state index contributed by atoms with van der Waals surface area (Å²) in [6.45, 7) is 9.51. The first-order chi connectivity index (χ1) is 25.8. The van der Waals surface area contributed by atoms with E-state index in [2.05, 4.69) is 202 Å². The van der Waals surface area contributed by atoms with Crippen molar-refractivity contribution in [3.63, 3.8) is 0 Å². The van der Waals surface area contributed by atoms with Gasteiger partial charge in [-0.25, -0.2) is 0 Å². The topological polar surface area (TPSA) is 3.24 Å². The molecule has 1 nitrogen and oxygen atoms in total. The maximum Gasteiger partial charge on any atom is 0.0546 e. The maximum absolute atomic E-state index is 2.53. The molecule has 256 valence electrons. The van der Waals surface area contributed by atoms with Crippen LogP contribution in [0.2, 0.25) is 0 Å². The molecule has 53 heavy (non-hydrogen) atoms. The van der Waals surface area contributed by atoms with Gasteiger partial charge in [0.25, 0.3) is 0 Å². The van der Waals surface area contributed by atoms with E-state index in [1.54, 1.807) is 0 Å². The molecule has 1 unspecified atom stereocenters. The summed E-state index contributed by atoms with van der Waals surface area (Å²) in [5, 5.41) is 2.50. The number of hydrogen-bond acceptors (Lipinski definition) is 1. The van der Waals surface area contributed by atoms with Gasteiger partial charge in [0, 0.05) is 33.7 Å². The summed E-state index contributed by atoms with van der Waals surface area (Å²) >= 11 is 0. The molecule has 7 aromatic carbocycles. The number of hydrogen-bond donors (Lipinski definition) is 0. The number of benzene rings is 7. The third-order valence-electron chi connectivity index (χ3n) is 12.4. The molecule has 0 saturated heterocycles. The van der Waals surface area contributed by atoms with Gasteiger partial charge in [-0.2, -0.15) is 0 Å². The smallest absolute Gasteiger partial charge is 0.0546 e. The molecule has 0 spiro atoms. The fraction of sp³-hybridized carbons (Fsp3) is 0.154. The first kappa shape index (κ1) is 31.8. The quantitative estimate of drug-likeness (QED) is 0.175. The van der Waals surface area contributed by atoms with Crippen molar-refractivity contribution in [2.24, 2.45) is 0 Å². The van der Waals surface area contributed by atoms with Crippen LogP contribution in [0.3, 0.4) is 0 Å². The molecule has 0 aliphatic heterocycles. The van der Waals surface area contributed by atoms with Gasteiger partial charge in [0.05, 0.1) is 5.69 Å². The molecule has 7 aromatic rings. The third-order valence-corrected chi connectivity index (χ3v) is 12.4. The van der Waals surface area contributed by atoms with Gasteiger partial charge < -0.3 is 4.90 Å². The van der Waals surface area contributed by atoms with Crippen molar-refractivity contribution in [1.82, 2.24) is 0 Å². The molecular formula is C52H43N. The van der Waals surface area contributed by atoms with Gasteiger partial charge in [0.2, 0.25) is 0 Å². The minimum Gasteiger partial charge on any atom is -0.310 e. The number of fused-ring (bicyclic) bond motifs is 7. The zero-order valence-electron chi connectivity index (χ0n) is 30.9. The molecule has 0 saturated carbocycles. The Morgan fingerprint density at radius 1 is 0.528 bits per heavy atom. The predicted molar refractivity (Wildman–Crippen MR) is 224 cm³/mol. The number of nitrogens with zero attached hydrogens (tertiary/aromatic N) is 1. The lowest BCUT2D eigenvalue weighted by Gasteiger charge is -2.33. The Labute approximate surface area is 313 Å². The van der Waals surface area contributed by atoms with E-state index in [1.807, 2.05) is 0 Å². The predicted octanol–water partition coefficient (Wildman–Crippen LogP) is 13.9. The van der Waals surface area contributed by atoms with Crippen LogP contribution in [0.25, 0.3) is 44.2 Å². The van der Waals surface area contributed by atoms with Gasteiger partial charge in [0.15, 0.2) is 0 Å². The average Bonchev–Trinajstić information content (AvgIpc) is 3.57. The molecule has 3 aliphatic carbocycles. The van der Waals surface area contributed by atoms with Crippen LogP contribution in [0.5, 0.6) is 0 Å². The van der Waals surface area contributed by atoms with E-state index in [1.165, 1.54) is 89.0 Å². The summed E-state index contributed by atoms with van der Waals surface area (Å²) in [6, 6.07) is 56.7. The molecule has 0 radical (unpaired) electrons. The Morgan fingerprint density at radius 2 is 1.13 bits per heavy atom. The lowest BCUT2D eigenvalue weighted by molar-refractivity contribution is 0.658. The fourth-order valence-corrected chi connectivity index (χ4v) is 9.61. The van der Waals surface area contributed by atoms with Gasteiger partial charge in [0.1, 0.15) is 0 Å². The molecule has 1 atom stereocenters. The first-order valence-corrected chi connectivity index (χ1v) is 19.0. The fourth-order valence-electron chi connectivity index (χ4n) is 9.61. The molecule has 0 heterocycles. The molecule has 0 amide bonds. The van der Waals surface area contributed by atoms with Crippen LogP contribution in [-0.4, -0.2) is 0 Å². The zero-order valence-corrected chi connectivity index (χ0v) is 30.9. The number of anilines is 2. The van der Waals surface area contributed by atoms with Crippen molar-refractivity contribution < 1.29 is 0 Å². The van der Waals surface area contributed by atoms with Gasteiger partial charge >= 0.3 is 0 Å². The van der Waals surface area contributed by atoms with Crippen molar-refractivity contribution in [3.8, 4) is 33.4 Å². The molecule has 0 fully saturated rings. The molecule has 3 aliphatic rings. The van der Waals surface area contributed by atoms with Crippen molar-refractivity contribution in [2.45, 2.75) is 50.9 Å². The minimum atomic E-state index is -0.104. The van der Waals surface area contributed by atoms with E-state index in [4.69, 9.17) is 0 Å². The van der Waals surface area contributed by atoms with Crippen LogP contribution in [0.4, 0.5) is 11.4 Å². The van der Waals surface area contributed by atoms with Crippen LogP contribution < -0.4 is 4.90 Å². The second-order valence-electron chi connectivity index (χ2n) is 16.1. The van der Waals surface area contributed by atoms with E-state index in [-0.39, 0.29) is 16.7 Å². The van der Waals surface area contributed by atoms with E-state index in [0.29, 0.717) is 0 Å². The van der Waals surface area contributed by atoms with Gasteiger partial charge in [-0.15, -0.1) is 0 Å². The average molecular weight is 682 g/mol. The normalized spacial score (nSPS) is 17.1. The minimum absolute atomic E-state index is 0.0322. The molecule has 0 bridgehead atoms. The highest BCUT2D eigenvalue weighted by Crippen LogP contribution is 2.53. The lowest BCUT2D eigenvalue weighted by Crippen LogP contribution is -2.20. The molecule has 0 N–H and O–H groups in total. The van der Waals surface area contributed by atoms with Crippen LogP contribution in [-0.2, 0) is 10.8 Å². The maximum atomic E-state index is 2.53. The second-order valence-corrected chi connectivity index (χ2v) is 16.1. The molecule has 0 aromatic heterocycles. The van der Waals surface area contributed by atoms with E-state index in [0.717, 1.165) is 6.42 Å². The SMILES string of the molecule is CC1(C)c2ccccc2-c2ccc(C3C=C(N(c4ccc5c(c4)C(C)(C)c4ccccc4-5)c4ccc5ccccc5c4-c4ccccc4)C=CC3)cc21. The highest BCUT2D eigenvalue weighted by atomic mass is 15.1. The first-order valence-electron chi connectivity index (χ1n) is 19.0. The van der Waals surface area contributed by atoms with Gasteiger partial charge in [-0.3, -0.25) is 0 Å². The Hall–Kier alpha value is -5.92. The summed E-state index contributed by atoms with van der Waals surface area (Å²) in [7, 11) is 0. The van der Waals surface area contributed by atoms with Gasteiger partial charge in [-0.1, -0.05) is 173 Å². The molecule has 1 heteroatoms. The molecule has 10 rings (SSSR count). The monoisotopic (exact) mass is 681 g/mol. The van der Waals surface area contributed by atoms with Crippen molar-refractivity contribution in [3.05, 3.63) is 203 Å². The van der Waals surface area contributed by atoms with Crippen LogP contribution >= 0.6 is 0 Å². The van der Waals surface area contributed by atoms with Gasteiger partial charge in [-0.05, 0) is 97.1 Å². The summed E-state index contributed by atoms with van der Waals surface area (Å²) in [4.78, 5) is 2.53. The highest BCUT2D eigenvalue weighted by Gasteiger charge is 2.37. The second kappa shape index (κ2) is 11.8. The van der Waals surface area contributed by atoms with Crippen molar-refractivity contribution in [1.29, 1.82) is 0 Å². The Morgan fingerprint density at radius 3 is 1.87 bits per heavy atom. The van der Waals surface area contributed by atoms with E-state index in [9.17, 15) is 0 Å². The standard InChI is InChI=1S/C52H43N/c1-51(2)45-23-12-10-21-41(45)43-28-25-37(32-47(43)51)36-18-14-19-38(31-36)53(39-27-29-44-42-22-11-13-24-46(42)52(3,4)48(44)33-39)49-30-26-34-15-8-9-20-40(34)50(49)35-16-6-5-7-17-35/h5-17,19-33,36H,18H2,1-4H3. The highest BCUT2D eigenvalue weighted by molar-refractivity contribution is 6.04. The van der Waals surface area contributed by atoms with Crippen LogP contribution in [0, 0.1) is 0 Å². The van der Waals surface area contributed by atoms with E-state index < -0.39 is 0 Å². The largest absolute Gasteiger partial charge is 0.310 e. The summed E-state index contributed by atoms with van der Waals surface area (Å²) < 4.78 is 0. The summed E-state index contributed by atoms with van der Waals surface area (Å²) in [5.74, 6) is 0.248. The van der Waals surface area contributed by atoms with Crippen molar-refractivity contribution in [2.75, 3.05) is 4.90 Å². The summed E-state index contributed by atoms with van der Waals surface area (Å²) in [6.07, 6.45) is 8.23. The lowest BCUT2D eigenvalue weighted by atomic mass is 9.80. The number of allylic oxidation sites excluding steroid dienone is 3. The van der Waals surface area contributed by atoms with Crippen molar-refractivity contribution >= 4 is 22.1 Å². The Bertz CT molecular complexity index is 2650. The summed E-state index contributed by atoms with van der Waals surface area (Å²) in [5.41, 5.74) is 18.3.